The first kappa shape index (κ1) is 17.7. The highest BCUT2D eigenvalue weighted by Crippen LogP contribution is 2.16. The molecule has 5 heteroatoms. The lowest BCUT2D eigenvalue weighted by Gasteiger charge is -2.11. The number of rotatable bonds is 7. The van der Waals surface area contributed by atoms with Gasteiger partial charge >= 0.3 is 0 Å². The van der Waals surface area contributed by atoms with Crippen molar-refractivity contribution in [1.82, 2.24) is 5.32 Å². The number of hydrogen-bond acceptors (Lipinski definition) is 3. The zero-order chi connectivity index (χ0) is 14.2. The molecule has 0 bridgehead atoms. The number of hydrogen-bond donors (Lipinski definition) is 2. The summed E-state index contributed by atoms with van der Waals surface area (Å²) >= 11 is 1.67. The molecule has 1 heterocycles. The predicted octanol–water partition coefficient (Wildman–Crippen LogP) is 3.85. The molecular formula is C16H21ClN2OS. The Morgan fingerprint density at radius 1 is 1.24 bits per heavy atom. The number of thiophene rings is 1. The van der Waals surface area contributed by atoms with Gasteiger partial charge in [-0.3, -0.25) is 4.79 Å². The van der Waals surface area contributed by atoms with Crippen molar-refractivity contribution >= 4 is 35.3 Å². The monoisotopic (exact) mass is 324 g/mol. The van der Waals surface area contributed by atoms with Crippen LogP contribution in [0, 0.1) is 0 Å². The van der Waals surface area contributed by atoms with E-state index in [0.717, 1.165) is 30.8 Å². The smallest absolute Gasteiger partial charge is 0.224 e. The Kier molecular flexibility index (Phi) is 8.05. The van der Waals surface area contributed by atoms with Gasteiger partial charge in [0.05, 0.1) is 0 Å². The van der Waals surface area contributed by atoms with Crippen molar-refractivity contribution in [2.75, 3.05) is 11.9 Å². The SMILES string of the molecule is CCNCc1ccccc1NC(=O)CCc1ccsc1.Cl. The highest BCUT2D eigenvalue weighted by Gasteiger charge is 2.06. The third kappa shape index (κ3) is 5.87. The molecule has 0 saturated carbocycles. The summed E-state index contributed by atoms with van der Waals surface area (Å²) in [6.07, 6.45) is 1.32. The van der Waals surface area contributed by atoms with Crippen molar-refractivity contribution in [3.63, 3.8) is 0 Å². The second kappa shape index (κ2) is 9.55. The maximum atomic E-state index is 12.0. The van der Waals surface area contributed by atoms with E-state index < -0.39 is 0 Å². The molecule has 2 N–H and O–H groups in total. The fraction of sp³-hybridized carbons (Fsp3) is 0.312. The Morgan fingerprint density at radius 3 is 2.76 bits per heavy atom. The van der Waals surface area contributed by atoms with Crippen LogP contribution in [-0.2, 0) is 17.8 Å². The van der Waals surface area contributed by atoms with Gasteiger partial charge in [0, 0.05) is 18.7 Å². The molecule has 3 nitrogen and oxygen atoms in total. The van der Waals surface area contributed by atoms with Gasteiger partial charge in [0.25, 0.3) is 0 Å². The fourth-order valence-electron chi connectivity index (χ4n) is 1.96. The van der Waals surface area contributed by atoms with Crippen LogP contribution in [-0.4, -0.2) is 12.5 Å². The molecular weight excluding hydrogens is 304 g/mol. The van der Waals surface area contributed by atoms with Gasteiger partial charge < -0.3 is 10.6 Å². The van der Waals surface area contributed by atoms with E-state index in [2.05, 4.69) is 29.0 Å². The normalized spacial score (nSPS) is 9.95. The van der Waals surface area contributed by atoms with Crippen molar-refractivity contribution in [3.05, 3.63) is 52.2 Å². The van der Waals surface area contributed by atoms with Crippen LogP contribution >= 0.6 is 23.7 Å². The van der Waals surface area contributed by atoms with Crippen LogP contribution in [0.15, 0.2) is 41.1 Å². The molecule has 114 valence electrons. The molecule has 0 fully saturated rings. The first-order chi connectivity index (χ1) is 9.79. The number of nitrogens with one attached hydrogen (secondary N) is 2. The zero-order valence-corrected chi connectivity index (χ0v) is 13.7. The average Bonchev–Trinajstić information content (AvgIpc) is 2.97. The molecule has 0 atom stereocenters. The predicted molar refractivity (Wildman–Crippen MR) is 92.3 cm³/mol. The Hall–Kier alpha value is -1.36. The Morgan fingerprint density at radius 2 is 2.05 bits per heavy atom. The summed E-state index contributed by atoms with van der Waals surface area (Å²) in [5.74, 6) is 0.0696. The third-order valence-corrected chi connectivity index (χ3v) is 3.81. The number of carbonyl (C=O) groups excluding carboxylic acids is 1. The minimum atomic E-state index is 0. The van der Waals surface area contributed by atoms with Crippen LogP contribution < -0.4 is 10.6 Å². The minimum Gasteiger partial charge on any atom is -0.326 e. The minimum absolute atomic E-state index is 0. The van der Waals surface area contributed by atoms with Crippen molar-refractivity contribution in [1.29, 1.82) is 0 Å². The summed E-state index contributed by atoms with van der Waals surface area (Å²) in [5, 5.41) is 10.4. The Balaban J connectivity index is 0.00000220. The number of halogens is 1. The highest BCUT2D eigenvalue weighted by molar-refractivity contribution is 7.07. The summed E-state index contributed by atoms with van der Waals surface area (Å²) in [5.41, 5.74) is 3.26. The number of para-hydroxylation sites is 1. The van der Waals surface area contributed by atoms with E-state index in [1.807, 2.05) is 29.6 Å². The second-order valence-corrected chi connectivity index (χ2v) is 5.40. The zero-order valence-electron chi connectivity index (χ0n) is 12.1. The fourth-order valence-corrected chi connectivity index (χ4v) is 2.66. The van der Waals surface area contributed by atoms with E-state index in [-0.39, 0.29) is 18.3 Å². The van der Waals surface area contributed by atoms with E-state index in [1.54, 1.807) is 11.3 Å². The Bertz CT molecular complexity index is 543. The first-order valence-corrected chi connectivity index (χ1v) is 7.83. The molecule has 2 rings (SSSR count). The molecule has 1 aromatic heterocycles. The molecule has 0 aliphatic heterocycles. The van der Waals surface area contributed by atoms with E-state index in [4.69, 9.17) is 0 Å². The maximum Gasteiger partial charge on any atom is 0.224 e. The van der Waals surface area contributed by atoms with E-state index in [9.17, 15) is 4.79 Å². The highest BCUT2D eigenvalue weighted by atomic mass is 35.5. The van der Waals surface area contributed by atoms with Gasteiger partial charge in [0.2, 0.25) is 5.91 Å². The van der Waals surface area contributed by atoms with Crippen molar-refractivity contribution in [2.24, 2.45) is 0 Å². The second-order valence-electron chi connectivity index (χ2n) is 4.62. The largest absolute Gasteiger partial charge is 0.326 e. The van der Waals surface area contributed by atoms with Crippen LogP contribution in [0.25, 0.3) is 0 Å². The lowest BCUT2D eigenvalue weighted by molar-refractivity contribution is -0.116. The van der Waals surface area contributed by atoms with Gasteiger partial charge in [-0.2, -0.15) is 11.3 Å². The molecule has 0 aliphatic rings. The number of anilines is 1. The lowest BCUT2D eigenvalue weighted by atomic mass is 10.1. The lowest BCUT2D eigenvalue weighted by Crippen LogP contribution is -2.17. The van der Waals surface area contributed by atoms with E-state index in [1.165, 1.54) is 5.56 Å². The number of carbonyl (C=O) groups is 1. The van der Waals surface area contributed by atoms with Crippen molar-refractivity contribution < 1.29 is 4.79 Å². The number of aryl methyl sites for hydroxylation is 1. The average molecular weight is 325 g/mol. The summed E-state index contributed by atoms with van der Waals surface area (Å²) in [4.78, 5) is 12.0. The molecule has 2 aromatic rings. The first-order valence-electron chi connectivity index (χ1n) is 6.89. The Labute approximate surface area is 136 Å². The molecule has 0 aliphatic carbocycles. The number of amides is 1. The molecule has 0 radical (unpaired) electrons. The quantitative estimate of drug-likeness (QED) is 0.812. The van der Waals surface area contributed by atoms with Crippen LogP contribution in [0.3, 0.4) is 0 Å². The van der Waals surface area contributed by atoms with Crippen molar-refractivity contribution in [3.8, 4) is 0 Å². The van der Waals surface area contributed by atoms with Gasteiger partial charge in [-0.25, -0.2) is 0 Å². The summed E-state index contributed by atoms with van der Waals surface area (Å²) in [7, 11) is 0. The van der Waals surface area contributed by atoms with Gasteiger partial charge in [0.1, 0.15) is 0 Å². The van der Waals surface area contributed by atoms with E-state index in [0.29, 0.717) is 6.42 Å². The van der Waals surface area contributed by atoms with Gasteiger partial charge in [-0.05, 0) is 47.0 Å². The van der Waals surface area contributed by atoms with E-state index >= 15 is 0 Å². The maximum absolute atomic E-state index is 12.0. The molecule has 1 aromatic carbocycles. The van der Waals surface area contributed by atoms with Crippen LogP contribution in [0.1, 0.15) is 24.5 Å². The standard InChI is InChI=1S/C16H20N2OS.ClH/c1-2-17-11-14-5-3-4-6-15(14)18-16(19)8-7-13-9-10-20-12-13;/h3-6,9-10,12,17H,2,7-8,11H2,1H3,(H,18,19);1H. The van der Waals surface area contributed by atoms with Gasteiger partial charge in [-0.15, -0.1) is 12.4 Å². The van der Waals surface area contributed by atoms with Crippen LogP contribution in [0.2, 0.25) is 0 Å². The number of benzene rings is 1. The summed E-state index contributed by atoms with van der Waals surface area (Å²) in [6.45, 7) is 3.76. The van der Waals surface area contributed by atoms with Gasteiger partial charge in [0.15, 0.2) is 0 Å². The van der Waals surface area contributed by atoms with Crippen molar-refractivity contribution in [2.45, 2.75) is 26.3 Å². The summed E-state index contributed by atoms with van der Waals surface area (Å²) in [6, 6.07) is 10.0. The molecule has 0 spiro atoms. The topological polar surface area (TPSA) is 41.1 Å². The molecule has 0 unspecified atom stereocenters. The van der Waals surface area contributed by atoms with Crippen LogP contribution in [0.4, 0.5) is 5.69 Å². The molecule has 1 amide bonds. The third-order valence-electron chi connectivity index (χ3n) is 3.08. The molecule has 0 saturated heterocycles. The van der Waals surface area contributed by atoms with Crippen LogP contribution in [0.5, 0.6) is 0 Å². The molecule has 21 heavy (non-hydrogen) atoms. The van der Waals surface area contributed by atoms with Gasteiger partial charge in [-0.1, -0.05) is 25.1 Å². The summed E-state index contributed by atoms with van der Waals surface area (Å²) < 4.78 is 0.